The summed E-state index contributed by atoms with van der Waals surface area (Å²) in [5.74, 6) is -1.14. The highest BCUT2D eigenvalue weighted by molar-refractivity contribution is 9.10. The second-order valence-electron chi connectivity index (χ2n) is 4.60. The monoisotopic (exact) mass is 442 g/mol. The average molecular weight is 444 g/mol. The molecule has 0 fully saturated rings. The minimum Gasteiger partial charge on any atom is -0.392 e. The number of hydrogen-bond acceptors (Lipinski definition) is 5. The van der Waals surface area contributed by atoms with Crippen LogP contribution < -0.4 is 0 Å². The van der Waals surface area contributed by atoms with Crippen LogP contribution in [0.5, 0.6) is 0 Å². The topological polar surface area (TPSA) is 83.8 Å². The Labute approximate surface area is 149 Å². The van der Waals surface area contributed by atoms with Gasteiger partial charge in [0, 0.05) is 8.95 Å². The van der Waals surface area contributed by atoms with Gasteiger partial charge in [0.2, 0.25) is 0 Å². The minimum atomic E-state index is -0.573. The maximum atomic E-state index is 11.0. The van der Waals surface area contributed by atoms with E-state index in [0.29, 0.717) is 11.1 Å². The summed E-state index contributed by atoms with van der Waals surface area (Å²) in [6, 6.07) is 10.2. The number of benzene rings is 2. The van der Waals surface area contributed by atoms with Crippen LogP contribution in [0, 0.1) is 0 Å². The van der Waals surface area contributed by atoms with E-state index in [1.165, 1.54) is 0 Å². The van der Waals surface area contributed by atoms with Crippen molar-refractivity contribution >= 4 is 43.8 Å². The highest BCUT2D eigenvalue weighted by Crippen LogP contribution is 2.23. The van der Waals surface area contributed by atoms with E-state index in [0.717, 1.165) is 20.1 Å². The fourth-order valence-electron chi connectivity index (χ4n) is 1.95. The molecule has 2 aromatic carbocycles. The molecule has 0 spiro atoms. The van der Waals surface area contributed by atoms with Crippen molar-refractivity contribution in [3.05, 3.63) is 67.6 Å². The van der Waals surface area contributed by atoms with Crippen molar-refractivity contribution in [2.45, 2.75) is 13.2 Å². The van der Waals surface area contributed by atoms with Crippen molar-refractivity contribution in [1.29, 1.82) is 0 Å². The number of halogens is 2. The smallest absolute Gasteiger partial charge is 0.346 e. The Balaban J connectivity index is 0.000000168. The Bertz CT molecular complexity index is 758. The number of ether oxygens (including phenoxy) is 1. The summed E-state index contributed by atoms with van der Waals surface area (Å²) in [6.07, 6.45) is 0. The van der Waals surface area contributed by atoms with E-state index in [4.69, 9.17) is 10.2 Å². The van der Waals surface area contributed by atoms with E-state index in [1.807, 2.05) is 6.07 Å². The van der Waals surface area contributed by atoms with Crippen LogP contribution in [0.1, 0.15) is 31.8 Å². The molecule has 0 radical (unpaired) electrons. The first-order chi connectivity index (χ1) is 11.0. The van der Waals surface area contributed by atoms with Gasteiger partial charge in [-0.3, -0.25) is 0 Å². The Morgan fingerprint density at radius 3 is 2.00 bits per heavy atom. The van der Waals surface area contributed by atoms with Crippen molar-refractivity contribution in [3.8, 4) is 0 Å². The zero-order chi connectivity index (χ0) is 17.0. The number of aliphatic hydroxyl groups excluding tert-OH is 2. The largest absolute Gasteiger partial charge is 0.392 e. The first-order valence-electron chi connectivity index (χ1n) is 6.51. The summed E-state index contributed by atoms with van der Waals surface area (Å²) in [5, 5.41) is 17.7. The first kappa shape index (κ1) is 17.8. The second kappa shape index (κ2) is 7.83. The van der Waals surface area contributed by atoms with E-state index < -0.39 is 11.9 Å². The third kappa shape index (κ3) is 4.26. The van der Waals surface area contributed by atoms with Crippen molar-refractivity contribution in [1.82, 2.24) is 0 Å². The third-order valence-electron chi connectivity index (χ3n) is 3.12. The van der Waals surface area contributed by atoms with Crippen LogP contribution >= 0.6 is 31.9 Å². The third-order valence-corrected chi connectivity index (χ3v) is 4.10. The van der Waals surface area contributed by atoms with Crippen LogP contribution in [-0.4, -0.2) is 22.2 Å². The highest BCUT2D eigenvalue weighted by atomic mass is 79.9. The number of esters is 2. The van der Waals surface area contributed by atoms with Crippen molar-refractivity contribution in [3.63, 3.8) is 0 Å². The molecule has 0 atom stereocenters. The van der Waals surface area contributed by atoms with Crippen LogP contribution in [0.25, 0.3) is 0 Å². The Morgan fingerprint density at radius 1 is 0.783 bits per heavy atom. The molecule has 1 aliphatic heterocycles. The van der Waals surface area contributed by atoms with Crippen LogP contribution in [0.2, 0.25) is 0 Å². The SMILES string of the molecule is O=C1OC(=O)c2cc(Br)ccc21.OCc1ccc(Br)cc1CO. The van der Waals surface area contributed by atoms with Crippen molar-refractivity contribution in [2.24, 2.45) is 0 Å². The molecule has 120 valence electrons. The van der Waals surface area contributed by atoms with Gasteiger partial charge >= 0.3 is 11.9 Å². The molecule has 1 aliphatic rings. The fraction of sp³-hybridized carbons (Fsp3) is 0.125. The molecule has 7 heteroatoms. The van der Waals surface area contributed by atoms with Gasteiger partial charge in [-0.05, 0) is 41.5 Å². The number of carbonyl (C=O) groups excluding carboxylic acids is 2. The van der Waals surface area contributed by atoms with Gasteiger partial charge in [-0.25, -0.2) is 9.59 Å². The Hall–Kier alpha value is -1.54. The molecule has 0 aromatic heterocycles. The predicted octanol–water partition coefficient (Wildman–Crippen LogP) is 3.19. The molecule has 1 heterocycles. The molecular formula is C16H12Br2O5. The second-order valence-corrected chi connectivity index (χ2v) is 6.43. The number of hydrogen-bond donors (Lipinski definition) is 2. The van der Waals surface area contributed by atoms with Crippen molar-refractivity contribution < 1.29 is 24.5 Å². The summed E-state index contributed by atoms with van der Waals surface area (Å²) in [5.41, 5.74) is 2.20. The number of aliphatic hydroxyl groups is 2. The molecule has 0 amide bonds. The van der Waals surface area contributed by atoms with Gasteiger partial charge < -0.3 is 14.9 Å². The first-order valence-corrected chi connectivity index (χ1v) is 8.10. The van der Waals surface area contributed by atoms with E-state index in [1.54, 1.807) is 30.3 Å². The molecule has 0 saturated carbocycles. The fourth-order valence-corrected chi connectivity index (χ4v) is 2.72. The molecule has 0 saturated heterocycles. The summed E-state index contributed by atoms with van der Waals surface area (Å²) < 4.78 is 6.06. The lowest BCUT2D eigenvalue weighted by molar-refractivity contribution is 0.0443. The lowest BCUT2D eigenvalue weighted by atomic mass is 10.1. The molecule has 3 rings (SSSR count). The Kier molecular flexibility index (Phi) is 6.06. The maximum Gasteiger partial charge on any atom is 0.346 e. The minimum absolute atomic E-state index is 0.0246. The zero-order valence-electron chi connectivity index (χ0n) is 11.8. The molecular weight excluding hydrogens is 432 g/mol. The number of fused-ring (bicyclic) bond motifs is 1. The molecule has 2 N–H and O–H groups in total. The molecule has 23 heavy (non-hydrogen) atoms. The number of cyclic esters (lactones) is 2. The summed E-state index contributed by atoms with van der Waals surface area (Å²) in [6.45, 7) is -0.0570. The highest BCUT2D eigenvalue weighted by Gasteiger charge is 2.29. The number of carbonyl (C=O) groups is 2. The van der Waals surface area contributed by atoms with Crippen LogP contribution in [0.4, 0.5) is 0 Å². The van der Waals surface area contributed by atoms with Gasteiger partial charge in [-0.2, -0.15) is 0 Å². The summed E-state index contributed by atoms with van der Waals surface area (Å²) >= 11 is 6.47. The molecule has 2 aromatic rings. The van der Waals surface area contributed by atoms with E-state index in [2.05, 4.69) is 36.6 Å². The normalized spacial score (nSPS) is 12.3. The quantitative estimate of drug-likeness (QED) is 0.550. The standard InChI is InChI=1S/C8H3BrO3.C8H9BrO2/c9-4-1-2-5-6(3-4)8(11)12-7(5)10;9-8-2-1-6(4-10)7(3-8)5-11/h1-3H;1-3,10-11H,4-5H2. The van der Waals surface area contributed by atoms with Crippen LogP contribution in [0.15, 0.2) is 45.3 Å². The van der Waals surface area contributed by atoms with Gasteiger partial charge in [0.1, 0.15) is 0 Å². The zero-order valence-corrected chi connectivity index (χ0v) is 14.9. The van der Waals surface area contributed by atoms with E-state index in [9.17, 15) is 9.59 Å². The summed E-state index contributed by atoms with van der Waals surface area (Å²) in [7, 11) is 0. The molecule has 0 bridgehead atoms. The van der Waals surface area contributed by atoms with Gasteiger partial charge in [0.05, 0.1) is 24.3 Å². The van der Waals surface area contributed by atoms with Crippen molar-refractivity contribution in [2.75, 3.05) is 0 Å². The lowest BCUT2D eigenvalue weighted by Gasteiger charge is -2.03. The molecule has 0 aliphatic carbocycles. The van der Waals surface area contributed by atoms with E-state index in [-0.39, 0.29) is 13.2 Å². The Morgan fingerprint density at radius 2 is 1.35 bits per heavy atom. The average Bonchev–Trinajstić information content (AvgIpc) is 2.82. The van der Waals surface area contributed by atoms with Gasteiger partial charge in [0.25, 0.3) is 0 Å². The summed E-state index contributed by atoms with van der Waals surface area (Å²) in [4.78, 5) is 21.9. The van der Waals surface area contributed by atoms with E-state index >= 15 is 0 Å². The van der Waals surface area contributed by atoms with Gasteiger partial charge in [-0.1, -0.05) is 37.9 Å². The van der Waals surface area contributed by atoms with Crippen LogP contribution in [0.3, 0.4) is 0 Å². The molecule has 5 nitrogen and oxygen atoms in total. The number of rotatable bonds is 2. The lowest BCUT2D eigenvalue weighted by Crippen LogP contribution is -1.96. The molecule has 0 unspecified atom stereocenters. The van der Waals surface area contributed by atoms with Gasteiger partial charge in [0.15, 0.2) is 0 Å². The van der Waals surface area contributed by atoms with Crippen LogP contribution in [-0.2, 0) is 18.0 Å². The predicted molar refractivity (Wildman–Crippen MR) is 89.9 cm³/mol. The van der Waals surface area contributed by atoms with Gasteiger partial charge in [-0.15, -0.1) is 0 Å². The maximum absolute atomic E-state index is 11.0.